The van der Waals surface area contributed by atoms with Crippen LogP contribution in [0.25, 0.3) is 0 Å². The van der Waals surface area contributed by atoms with Gasteiger partial charge in [-0.1, -0.05) is 32.0 Å². The predicted octanol–water partition coefficient (Wildman–Crippen LogP) is 3.39. The van der Waals surface area contributed by atoms with Gasteiger partial charge < -0.3 is 4.90 Å². The molecule has 0 aliphatic rings. The second-order valence-corrected chi connectivity index (χ2v) is 5.28. The van der Waals surface area contributed by atoms with Crippen LogP contribution in [0, 0.1) is 12.3 Å². The van der Waals surface area contributed by atoms with Crippen LogP contribution in [0.1, 0.15) is 19.4 Å². The van der Waals surface area contributed by atoms with Gasteiger partial charge in [0.15, 0.2) is 0 Å². The maximum Gasteiger partial charge on any atom is 0.0393 e. The van der Waals surface area contributed by atoms with E-state index in [9.17, 15) is 0 Å². The minimum absolute atomic E-state index is 0.250. The van der Waals surface area contributed by atoms with Crippen molar-refractivity contribution >= 4 is 18.3 Å². The Bertz CT molecular complexity index is 320. The van der Waals surface area contributed by atoms with Gasteiger partial charge in [0.2, 0.25) is 0 Å². The third-order valence-corrected chi connectivity index (χ3v) is 3.48. The molecule has 0 amide bonds. The predicted molar refractivity (Wildman–Crippen MR) is 72.1 cm³/mol. The van der Waals surface area contributed by atoms with E-state index in [1.807, 2.05) is 0 Å². The van der Waals surface area contributed by atoms with E-state index in [0.29, 0.717) is 0 Å². The van der Waals surface area contributed by atoms with Gasteiger partial charge in [-0.3, -0.25) is 0 Å². The molecule has 0 saturated carbocycles. The smallest absolute Gasteiger partial charge is 0.0393 e. The maximum atomic E-state index is 4.39. The van der Waals surface area contributed by atoms with Crippen LogP contribution in [-0.2, 0) is 0 Å². The maximum absolute atomic E-state index is 4.39. The van der Waals surface area contributed by atoms with E-state index in [-0.39, 0.29) is 5.41 Å². The quantitative estimate of drug-likeness (QED) is 0.766. The number of aryl methyl sites for hydroxylation is 1. The minimum atomic E-state index is 0.250. The zero-order chi connectivity index (χ0) is 11.5. The lowest BCUT2D eigenvalue weighted by Crippen LogP contribution is -2.32. The van der Waals surface area contributed by atoms with Crippen LogP contribution < -0.4 is 4.90 Å². The molecule has 84 valence electrons. The van der Waals surface area contributed by atoms with Crippen molar-refractivity contribution in [1.29, 1.82) is 0 Å². The zero-order valence-electron chi connectivity index (χ0n) is 10.1. The first-order chi connectivity index (χ1) is 6.96. The fourth-order valence-electron chi connectivity index (χ4n) is 1.77. The second kappa shape index (κ2) is 4.93. The first kappa shape index (κ1) is 12.4. The lowest BCUT2D eigenvalue weighted by atomic mass is 9.95. The molecule has 0 aliphatic heterocycles. The molecule has 1 aromatic carbocycles. The van der Waals surface area contributed by atoms with Crippen LogP contribution in [0.15, 0.2) is 24.3 Å². The number of rotatable bonds is 4. The van der Waals surface area contributed by atoms with E-state index in [2.05, 4.69) is 69.6 Å². The number of hydrogen-bond acceptors (Lipinski definition) is 2. The van der Waals surface area contributed by atoms with Gasteiger partial charge in [-0.25, -0.2) is 0 Å². The molecule has 15 heavy (non-hydrogen) atoms. The molecule has 0 radical (unpaired) electrons. The van der Waals surface area contributed by atoms with Crippen molar-refractivity contribution in [3.8, 4) is 0 Å². The first-order valence-corrected chi connectivity index (χ1v) is 5.97. The Morgan fingerprint density at radius 2 is 1.87 bits per heavy atom. The summed E-state index contributed by atoms with van der Waals surface area (Å²) in [6.45, 7) is 7.67. The summed E-state index contributed by atoms with van der Waals surface area (Å²) in [7, 11) is 2.15. The fourth-order valence-corrected chi connectivity index (χ4v) is 1.87. The summed E-state index contributed by atoms with van der Waals surface area (Å²) >= 11 is 4.39. The standard InChI is InChI=1S/C13H21NS/c1-11-7-5-6-8-12(11)14(4)9-13(2,3)10-15/h5-8,15H,9-10H2,1-4H3. The molecular weight excluding hydrogens is 202 g/mol. The molecule has 0 aliphatic carbocycles. The number of nitrogens with zero attached hydrogens (tertiary/aromatic N) is 1. The van der Waals surface area contributed by atoms with Crippen molar-refractivity contribution in [3.05, 3.63) is 29.8 Å². The number of anilines is 1. The van der Waals surface area contributed by atoms with Gasteiger partial charge in [-0.2, -0.15) is 12.6 Å². The van der Waals surface area contributed by atoms with Crippen molar-refractivity contribution in [2.75, 3.05) is 24.2 Å². The van der Waals surface area contributed by atoms with Crippen LogP contribution in [0.2, 0.25) is 0 Å². The van der Waals surface area contributed by atoms with Crippen molar-refractivity contribution in [2.45, 2.75) is 20.8 Å². The van der Waals surface area contributed by atoms with E-state index in [4.69, 9.17) is 0 Å². The Morgan fingerprint density at radius 3 is 2.40 bits per heavy atom. The van der Waals surface area contributed by atoms with E-state index in [1.54, 1.807) is 0 Å². The van der Waals surface area contributed by atoms with Crippen LogP contribution in [-0.4, -0.2) is 19.3 Å². The fraction of sp³-hybridized carbons (Fsp3) is 0.538. The highest BCUT2D eigenvalue weighted by Crippen LogP contribution is 2.24. The summed E-state index contributed by atoms with van der Waals surface area (Å²) < 4.78 is 0. The Kier molecular flexibility index (Phi) is 4.09. The van der Waals surface area contributed by atoms with Crippen LogP contribution >= 0.6 is 12.6 Å². The summed E-state index contributed by atoms with van der Waals surface area (Å²) in [6, 6.07) is 8.49. The minimum Gasteiger partial charge on any atom is -0.374 e. The van der Waals surface area contributed by atoms with Gasteiger partial charge in [0.25, 0.3) is 0 Å². The van der Waals surface area contributed by atoms with Crippen molar-refractivity contribution in [3.63, 3.8) is 0 Å². The third kappa shape index (κ3) is 3.45. The molecule has 0 N–H and O–H groups in total. The van der Waals surface area contributed by atoms with Crippen LogP contribution in [0.5, 0.6) is 0 Å². The summed E-state index contributed by atoms with van der Waals surface area (Å²) in [5, 5.41) is 0. The molecule has 0 unspecified atom stereocenters. The van der Waals surface area contributed by atoms with Crippen molar-refractivity contribution < 1.29 is 0 Å². The number of thiol groups is 1. The number of hydrogen-bond donors (Lipinski definition) is 1. The summed E-state index contributed by atoms with van der Waals surface area (Å²) in [6.07, 6.45) is 0. The zero-order valence-corrected chi connectivity index (χ0v) is 11.0. The Labute approximate surface area is 98.9 Å². The Balaban J connectivity index is 2.78. The molecule has 1 rings (SSSR count). The van der Waals surface area contributed by atoms with Crippen LogP contribution in [0.3, 0.4) is 0 Å². The van der Waals surface area contributed by atoms with E-state index in [1.165, 1.54) is 11.3 Å². The highest BCUT2D eigenvalue weighted by atomic mass is 32.1. The van der Waals surface area contributed by atoms with E-state index < -0.39 is 0 Å². The molecule has 0 aromatic heterocycles. The van der Waals surface area contributed by atoms with E-state index in [0.717, 1.165) is 12.3 Å². The highest BCUT2D eigenvalue weighted by molar-refractivity contribution is 7.80. The molecule has 0 atom stereocenters. The Hall–Kier alpha value is -0.630. The Morgan fingerprint density at radius 1 is 1.27 bits per heavy atom. The second-order valence-electron chi connectivity index (χ2n) is 4.96. The molecule has 1 aromatic rings. The molecule has 0 heterocycles. The SMILES string of the molecule is Cc1ccccc1N(C)CC(C)(C)CS. The summed E-state index contributed by atoms with van der Waals surface area (Å²) in [5.74, 6) is 0.906. The third-order valence-electron chi connectivity index (χ3n) is 2.62. The van der Waals surface area contributed by atoms with Crippen molar-refractivity contribution in [1.82, 2.24) is 0 Å². The van der Waals surface area contributed by atoms with Crippen molar-refractivity contribution in [2.24, 2.45) is 5.41 Å². The molecular formula is C13H21NS. The summed E-state index contributed by atoms with van der Waals surface area (Å²) in [5.41, 5.74) is 2.89. The monoisotopic (exact) mass is 223 g/mol. The van der Waals surface area contributed by atoms with Crippen LogP contribution in [0.4, 0.5) is 5.69 Å². The lowest BCUT2D eigenvalue weighted by Gasteiger charge is -2.31. The molecule has 0 fully saturated rings. The molecule has 0 saturated heterocycles. The van der Waals surface area contributed by atoms with Gasteiger partial charge in [0.05, 0.1) is 0 Å². The van der Waals surface area contributed by atoms with Gasteiger partial charge in [0, 0.05) is 19.3 Å². The number of benzene rings is 1. The van der Waals surface area contributed by atoms with Gasteiger partial charge in [0.1, 0.15) is 0 Å². The average Bonchev–Trinajstić information content (AvgIpc) is 2.17. The number of para-hydroxylation sites is 1. The van der Waals surface area contributed by atoms with E-state index >= 15 is 0 Å². The molecule has 0 bridgehead atoms. The first-order valence-electron chi connectivity index (χ1n) is 5.34. The van der Waals surface area contributed by atoms with Gasteiger partial charge in [-0.15, -0.1) is 0 Å². The molecule has 0 spiro atoms. The molecule has 1 nitrogen and oxygen atoms in total. The topological polar surface area (TPSA) is 3.24 Å². The molecule has 2 heteroatoms. The van der Waals surface area contributed by atoms with Gasteiger partial charge in [-0.05, 0) is 29.7 Å². The lowest BCUT2D eigenvalue weighted by molar-refractivity contribution is 0.430. The highest BCUT2D eigenvalue weighted by Gasteiger charge is 2.18. The largest absolute Gasteiger partial charge is 0.374 e. The normalized spacial score (nSPS) is 11.5. The van der Waals surface area contributed by atoms with Gasteiger partial charge >= 0.3 is 0 Å². The summed E-state index contributed by atoms with van der Waals surface area (Å²) in [4.78, 5) is 2.31. The average molecular weight is 223 g/mol.